The first-order valence-electron chi connectivity index (χ1n) is 12.6. The van der Waals surface area contributed by atoms with E-state index >= 15 is 0 Å². The Morgan fingerprint density at radius 3 is 2.32 bits per heavy atom. The number of fused-ring (bicyclic) bond motifs is 1. The highest BCUT2D eigenvalue weighted by molar-refractivity contribution is 7.89. The second-order valence-electron chi connectivity index (χ2n) is 9.96. The highest BCUT2D eigenvalue weighted by Gasteiger charge is 2.52. The molecule has 1 saturated heterocycles. The van der Waals surface area contributed by atoms with Gasteiger partial charge >= 0.3 is 0 Å². The third-order valence-corrected chi connectivity index (χ3v) is 9.42. The third kappa shape index (κ3) is 4.76. The maximum Gasteiger partial charge on any atom is 0.260 e. The van der Waals surface area contributed by atoms with Crippen molar-refractivity contribution in [2.45, 2.75) is 23.9 Å². The van der Waals surface area contributed by atoms with E-state index in [9.17, 15) is 18.0 Å². The number of imidazole rings is 1. The molecule has 11 nitrogen and oxygen atoms in total. The van der Waals surface area contributed by atoms with Crippen molar-refractivity contribution in [3.63, 3.8) is 0 Å². The van der Waals surface area contributed by atoms with Crippen molar-refractivity contribution in [3.05, 3.63) is 83.0 Å². The Balaban J connectivity index is 1.46. The van der Waals surface area contributed by atoms with Crippen LogP contribution in [0.2, 0.25) is 10.0 Å². The second-order valence-corrected chi connectivity index (χ2v) is 12.7. The van der Waals surface area contributed by atoms with Crippen molar-refractivity contribution in [2.24, 2.45) is 0 Å². The topological polar surface area (TPSA) is 130 Å². The number of carbonyl (C=O) groups is 2. The van der Waals surface area contributed by atoms with E-state index in [0.717, 1.165) is 21.0 Å². The van der Waals surface area contributed by atoms with Crippen LogP contribution in [0.3, 0.4) is 0 Å². The van der Waals surface area contributed by atoms with Crippen LogP contribution in [0.5, 0.6) is 0 Å². The minimum atomic E-state index is -4.20. The normalized spacial score (nSPS) is 19.3. The summed E-state index contributed by atoms with van der Waals surface area (Å²) >= 11 is 12.5. The molecule has 2 aliphatic heterocycles. The van der Waals surface area contributed by atoms with Crippen LogP contribution < -0.4 is 10.2 Å². The van der Waals surface area contributed by atoms with Gasteiger partial charge in [0.15, 0.2) is 5.03 Å². The number of aromatic nitrogens is 4. The average molecular weight is 612 g/mol. The van der Waals surface area contributed by atoms with Crippen LogP contribution >= 0.6 is 23.2 Å². The largest absolute Gasteiger partial charge is 0.354 e. The summed E-state index contributed by atoms with van der Waals surface area (Å²) in [6, 6.07) is 12.2. The van der Waals surface area contributed by atoms with E-state index in [1.54, 1.807) is 31.5 Å². The Morgan fingerprint density at radius 2 is 1.66 bits per heavy atom. The molecule has 0 spiro atoms. The highest BCUT2D eigenvalue weighted by atomic mass is 35.5. The quantitative estimate of drug-likeness (QED) is 0.353. The molecule has 2 aromatic heterocycles. The molecular formula is C27H23Cl2N7O4S. The number of hydrogen-bond donors (Lipinski definition) is 1. The van der Waals surface area contributed by atoms with Crippen LogP contribution in [0.1, 0.15) is 12.5 Å². The van der Waals surface area contributed by atoms with Gasteiger partial charge in [0.05, 0.1) is 18.4 Å². The number of nitrogens with one attached hydrogen (secondary N) is 1. The third-order valence-electron chi connectivity index (χ3n) is 7.18. The number of nitrogens with zero attached hydrogens (tertiary/aromatic N) is 6. The Morgan fingerprint density at radius 1 is 0.976 bits per heavy atom. The Kier molecular flexibility index (Phi) is 6.81. The van der Waals surface area contributed by atoms with E-state index in [4.69, 9.17) is 23.2 Å². The van der Waals surface area contributed by atoms with Crippen molar-refractivity contribution >= 4 is 56.7 Å². The SMILES string of the molecule is CC1(Cc2ccc(-c3cncnc3)cc2)C(=O)N(c2cc(Cl)cc(Cl)c2)c2ncc(S(=O)(=O)N3CCNC(=O)C3)n21. The zero-order chi connectivity index (χ0) is 28.9. The van der Waals surface area contributed by atoms with Crippen molar-refractivity contribution in [1.29, 1.82) is 0 Å². The molecule has 14 heteroatoms. The van der Waals surface area contributed by atoms with Gasteiger partial charge in [0, 0.05) is 47.5 Å². The lowest BCUT2D eigenvalue weighted by Gasteiger charge is -2.29. The van der Waals surface area contributed by atoms with Gasteiger partial charge in [-0.25, -0.2) is 28.3 Å². The van der Waals surface area contributed by atoms with Crippen molar-refractivity contribution in [1.82, 2.24) is 29.1 Å². The number of sulfonamides is 1. The van der Waals surface area contributed by atoms with Crippen LogP contribution in [0.25, 0.3) is 11.1 Å². The molecule has 0 bridgehead atoms. The van der Waals surface area contributed by atoms with E-state index in [0.29, 0.717) is 15.7 Å². The predicted octanol–water partition coefficient (Wildman–Crippen LogP) is 3.40. The van der Waals surface area contributed by atoms with Gasteiger partial charge in [0.1, 0.15) is 11.9 Å². The van der Waals surface area contributed by atoms with Crippen molar-refractivity contribution in [2.75, 3.05) is 24.5 Å². The molecular weight excluding hydrogens is 589 g/mol. The van der Waals surface area contributed by atoms with E-state index < -0.39 is 27.4 Å². The summed E-state index contributed by atoms with van der Waals surface area (Å²) in [6.07, 6.45) is 6.23. The molecule has 0 saturated carbocycles. The molecule has 4 aromatic rings. The molecule has 2 aliphatic rings. The van der Waals surface area contributed by atoms with Crippen molar-refractivity contribution < 1.29 is 18.0 Å². The molecule has 41 heavy (non-hydrogen) atoms. The Hall–Kier alpha value is -3.84. The number of rotatable bonds is 6. The molecule has 6 rings (SSSR count). The summed E-state index contributed by atoms with van der Waals surface area (Å²) in [7, 11) is -4.20. The van der Waals surface area contributed by atoms with Crippen LogP contribution in [-0.4, -0.2) is 63.7 Å². The standard InChI is InChI=1S/C27H23Cl2N7O4S/c1-27(11-17-2-4-18(5-3-17)19-12-30-16-31-13-19)25(38)35(22-9-20(28)8-21(29)10-22)26-33-14-24(36(26)27)41(39,40)34-7-6-32-23(37)15-34/h2-5,8-10,12-14,16H,6-7,11,15H2,1H3,(H,32,37). The molecule has 1 N–H and O–H groups in total. The minimum Gasteiger partial charge on any atom is -0.354 e. The monoisotopic (exact) mass is 611 g/mol. The van der Waals surface area contributed by atoms with Gasteiger partial charge < -0.3 is 5.32 Å². The second kappa shape index (κ2) is 10.2. The molecule has 0 aliphatic carbocycles. The van der Waals surface area contributed by atoms with E-state index in [1.807, 2.05) is 24.3 Å². The first-order chi connectivity index (χ1) is 19.6. The fourth-order valence-corrected chi connectivity index (χ4v) is 7.32. The summed E-state index contributed by atoms with van der Waals surface area (Å²) in [5, 5.41) is 3.05. The number of amides is 2. The minimum absolute atomic E-state index is 0.0948. The van der Waals surface area contributed by atoms with Crippen LogP contribution in [0, 0.1) is 0 Å². The maximum absolute atomic E-state index is 14.3. The van der Waals surface area contributed by atoms with E-state index in [-0.39, 0.29) is 37.0 Å². The number of halogens is 2. The Labute approximate surface area is 245 Å². The lowest BCUT2D eigenvalue weighted by molar-refractivity contribution is -0.124. The molecule has 1 unspecified atom stereocenters. The summed E-state index contributed by atoms with van der Waals surface area (Å²) < 4.78 is 30.2. The molecule has 210 valence electrons. The summed E-state index contributed by atoms with van der Waals surface area (Å²) in [6.45, 7) is 1.62. The van der Waals surface area contributed by atoms with Crippen molar-refractivity contribution in [3.8, 4) is 11.1 Å². The highest BCUT2D eigenvalue weighted by Crippen LogP contribution is 2.45. The summed E-state index contributed by atoms with van der Waals surface area (Å²) in [5.74, 6) is -0.708. The fraction of sp³-hybridized carbons (Fsp3) is 0.222. The zero-order valence-electron chi connectivity index (χ0n) is 21.7. The number of piperazine rings is 1. The number of anilines is 2. The van der Waals surface area contributed by atoms with Gasteiger partial charge in [-0.1, -0.05) is 47.5 Å². The predicted molar refractivity (Wildman–Crippen MR) is 152 cm³/mol. The van der Waals surface area contributed by atoms with Gasteiger partial charge in [0.2, 0.25) is 11.9 Å². The number of benzene rings is 2. The van der Waals surface area contributed by atoms with Gasteiger partial charge in [-0.05, 0) is 36.2 Å². The van der Waals surface area contributed by atoms with Crippen LogP contribution in [-0.2, 0) is 31.6 Å². The molecule has 1 atom stereocenters. The van der Waals surface area contributed by atoms with Gasteiger partial charge in [0.25, 0.3) is 15.9 Å². The lowest BCUT2D eigenvalue weighted by atomic mass is 9.91. The van der Waals surface area contributed by atoms with Gasteiger partial charge in [-0.2, -0.15) is 4.31 Å². The molecule has 0 radical (unpaired) electrons. The molecule has 4 heterocycles. The number of hydrogen-bond acceptors (Lipinski definition) is 7. The van der Waals surface area contributed by atoms with E-state index in [1.165, 1.54) is 28.1 Å². The number of carbonyl (C=O) groups excluding carboxylic acids is 2. The molecule has 1 fully saturated rings. The smallest absolute Gasteiger partial charge is 0.260 e. The summed E-state index contributed by atoms with van der Waals surface area (Å²) in [4.78, 5) is 40.1. The fourth-order valence-electron chi connectivity index (χ4n) is 5.23. The van der Waals surface area contributed by atoms with Crippen LogP contribution in [0.4, 0.5) is 11.6 Å². The summed E-state index contributed by atoms with van der Waals surface area (Å²) in [5.41, 5.74) is 1.46. The first kappa shape index (κ1) is 27.3. The van der Waals surface area contributed by atoms with Gasteiger partial charge in [-0.15, -0.1) is 0 Å². The molecule has 2 amide bonds. The lowest BCUT2D eigenvalue weighted by Crippen LogP contribution is -2.50. The average Bonchev–Trinajstić information content (AvgIpc) is 3.47. The Bertz CT molecular complexity index is 1760. The van der Waals surface area contributed by atoms with Gasteiger partial charge in [-0.3, -0.25) is 14.2 Å². The zero-order valence-corrected chi connectivity index (χ0v) is 24.0. The maximum atomic E-state index is 14.3. The first-order valence-corrected chi connectivity index (χ1v) is 14.8. The molecule has 2 aromatic carbocycles. The van der Waals surface area contributed by atoms with E-state index in [2.05, 4.69) is 20.3 Å². The van der Waals surface area contributed by atoms with Crippen LogP contribution in [0.15, 0.2) is 72.4 Å².